The van der Waals surface area contributed by atoms with Crippen LogP contribution >= 0.6 is 11.9 Å². The van der Waals surface area contributed by atoms with Gasteiger partial charge < -0.3 is 23.8 Å². The van der Waals surface area contributed by atoms with Gasteiger partial charge in [0.2, 0.25) is 0 Å². The molecule has 9 heteroatoms. The number of aromatic carboxylic acids is 1. The van der Waals surface area contributed by atoms with Crippen LogP contribution in [0.25, 0.3) is 11.3 Å². The largest absolute Gasteiger partial charge is 0.495 e. The first-order chi connectivity index (χ1) is 15.4. The number of anilines is 1. The predicted molar refractivity (Wildman–Crippen MR) is 124 cm³/mol. The van der Waals surface area contributed by atoms with Crippen molar-refractivity contribution in [3.8, 4) is 22.8 Å². The second-order valence-corrected chi connectivity index (χ2v) is 8.68. The molecule has 2 aromatic carbocycles. The van der Waals surface area contributed by atoms with Crippen LogP contribution in [0.4, 0.5) is 5.82 Å². The van der Waals surface area contributed by atoms with E-state index in [1.165, 1.54) is 44.7 Å². The molecule has 2 N–H and O–H groups in total. The molecule has 1 aromatic heterocycles. The highest BCUT2D eigenvalue weighted by Gasteiger charge is 2.35. The van der Waals surface area contributed by atoms with Crippen molar-refractivity contribution in [2.45, 2.75) is 24.7 Å². The molecule has 0 bridgehead atoms. The second-order valence-electron chi connectivity index (χ2n) is 7.86. The average Bonchev–Trinajstić information content (AvgIpc) is 3.33. The van der Waals surface area contributed by atoms with Gasteiger partial charge in [-0.2, -0.15) is 0 Å². The maximum Gasteiger partial charge on any atom is 0.335 e. The molecule has 2 atom stereocenters. The molecule has 32 heavy (non-hydrogen) atoms. The van der Waals surface area contributed by atoms with Gasteiger partial charge >= 0.3 is 5.97 Å². The van der Waals surface area contributed by atoms with Gasteiger partial charge in [-0.15, -0.1) is 0 Å². The Balaban J connectivity index is 1.66. The zero-order chi connectivity index (χ0) is 22.8. The minimum absolute atomic E-state index is 0.0804. The van der Waals surface area contributed by atoms with E-state index in [9.17, 15) is 9.90 Å². The molecule has 2 unspecified atom stereocenters. The molecule has 0 saturated heterocycles. The first-order valence-electron chi connectivity index (χ1n) is 10.2. The number of carboxylic acid groups (broad SMARTS) is 1. The number of hydrogen-bond acceptors (Lipinski definition) is 7. The fourth-order valence-electron chi connectivity index (χ4n) is 3.63. The van der Waals surface area contributed by atoms with E-state index in [1.54, 1.807) is 0 Å². The molecule has 164 valence electrons. The standard InChI is InChI=1S/C23H23BN2O5S/c1-12-7-14(12)9-17-20(13-5-4-6-16(24)8-13)31-25-22(17)26-32-21-18(29-2)10-15(23(27)28)11-19(21)30-3/h4-6,8,10-12,14H,7,9H2,1-3H3,(H,25,26)(H,27,28). The highest BCUT2D eigenvalue weighted by atomic mass is 32.2. The molecular formula is C23H23BN2O5S. The highest BCUT2D eigenvalue weighted by molar-refractivity contribution is 8.00. The second kappa shape index (κ2) is 9.20. The number of nitrogens with zero attached hydrogens (tertiary/aromatic N) is 1. The zero-order valence-electron chi connectivity index (χ0n) is 18.0. The van der Waals surface area contributed by atoms with E-state index >= 15 is 0 Å². The molecule has 1 fully saturated rings. The van der Waals surface area contributed by atoms with Crippen LogP contribution in [0, 0.1) is 11.8 Å². The van der Waals surface area contributed by atoms with Gasteiger partial charge in [0.05, 0.1) is 19.8 Å². The van der Waals surface area contributed by atoms with Crippen molar-refractivity contribution in [3.05, 3.63) is 47.5 Å². The number of hydrogen-bond donors (Lipinski definition) is 2. The smallest absolute Gasteiger partial charge is 0.335 e. The Morgan fingerprint density at radius 2 is 1.97 bits per heavy atom. The number of methoxy groups -OCH3 is 2. The number of carboxylic acids is 1. The van der Waals surface area contributed by atoms with Crippen LogP contribution in [0.2, 0.25) is 0 Å². The molecule has 0 amide bonds. The van der Waals surface area contributed by atoms with Gasteiger partial charge in [0, 0.05) is 11.1 Å². The minimum atomic E-state index is -1.06. The third-order valence-electron chi connectivity index (χ3n) is 5.64. The lowest BCUT2D eigenvalue weighted by Gasteiger charge is -2.14. The fourth-order valence-corrected chi connectivity index (χ4v) is 4.48. The van der Waals surface area contributed by atoms with Gasteiger partial charge in [0.25, 0.3) is 0 Å². The zero-order valence-corrected chi connectivity index (χ0v) is 18.9. The van der Waals surface area contributed by atoms with Crippen molar-refractivity contribution >= 4 is 37.0 Å². The highest BCUT2D eigenvalue weighted by Crippen LogP contribution is 2.45. The lowest BCUT2D eigenvalue weighted by molar-refractivity contribution is 0.0696. The number of aromatic nitrogens is 1. The fraction of sp³-hybridized carbons (Fsp3) is 0.304. The van der Waals surface area contributed by atoms with Crippen LogP contribution in [0.15, 0.2) is 45.8 Å². The van der Waals surface area contributed by atoms with Gasteiger partial charge in [0.1, 0.15) is 24.2 Å². The monoisotopic (exact) mass is 450 g/mol. The number of nitrogens with one attached hydrogen (secondary N) is 1. The van der Waals surface area contributed by atoms with Crippen LogP contribution in [0.3, 0.4) is 0 Å². The number of rotatable bonds is 9. The summed E-state index contributed by atoms with van der Waals surface area (Å²) in [6, 6.07) is 10.5. The topological polar surface area (TPSA) is 93.8 Å². The summed E-state index contributed by atoms with van der Waals surface area (Å²) in [6.45, 7) is 2.24. The Labute approximate surface area is 192 Å². The summed E-state index contributed by atoms with van der Waals surface area (Å²) in [5, 5.41) is 13.6. The molecular weight excluding hydrogens is 427 g/mol. The Morgan fingerprint density at radius 1 is 1.28 bits per heavy atom. The lowest BCUT2D eigenvalue weighted by atomic mass is 9.93. The molecule has 1 aliphatic carbocycles. The third kappa shape index (κ3) is 4.57. The molecule has 2 radical (unpaired) electrons. The van der Waals surface area contributed by atoms with E-state index in [2.05, 4.69) is 16.8 Å². The van der Waals surface area contributed by atoms with Gasteiger partial charge in [-0.05, 0) is 48.8 Å². The molecule has 1 heterocycles. The minimum Gasteiger partial charge on any atom is -0.495 e. The van der Waals surface area contributed by atoms with Crippen molar-refractivity contribution < 1.29 is 23.9 Å². The number of ether oxygens (including phenoxy) is 2. The average molecular weight is 450 g/mol. The molecule has 1 saturated carbocycles. The molecule has 0 spiro atoms. The third-order valence-corrected chi connectivity index (χ3v) is 6.54. The summed E-state index contributed by atoms with van der Waals surface area (Å²) in [5.74, 6) is 2.27. The van der Waals surface area contributed by atoms with Crippen LogP contribution in [-0.4, -0.2) is 38.3 Å². The van der Waals surface area contributed by atoms with Crippen LogP contribution in [-0.2, 0) is 6.42 Å². The maximum absolute atomic E-state index is 11.4. The van der Waals surface area contributed by atoms with Crippen molar-refractivity contribution in [1.82, 2.24) is 5.16 Å². The molecule has 0 aliphatic heterocycles. The summed E-state index contributed by atoms with van der Waals surface area (Å²) < 4.78 is 19.8. The summed E-state index contributed by atoms with van der Waals surface area (Å²) >= 11 is 1.23. The lowest BCUT2D eigenvalue weighted by Crippen LogP contribution is -2.02. The van der Waals surface area contributed by atoms with Crippen molar-refractivity contribution in [2.75, 3.05) is 18.9 Å². The Kier molecular flexibility index (Phi) is 6.37. The molecule has 4 rings (SSSR count). The van der Waals surface area contributed by atoms with E-state index in [0.29, 0.717) is 45.3 Å². The Morgan fingerprint density at radius 3 is 2.53 bits per heavy atom. The van der Waals surface area contributed by atoms with E-state index in [4.69, 9.17) is 21.8 Å². The van der Waals surface area contributed by atoms with Gasteiger partial charge in [-0.1, -0.05) is 41.8 Å². The van der Waals surface area contributed by atoms with Gasteiger partial charge in [0.15, 0.2) is 11.6 Å². The summed E-state index contributed by atoms with van der Waals surface area (Å²) in [7, 11) is 8.94. The maximum atomic E-state index is 11.4. The van der Waals surface area contributed by atoms with Crippen molar-refractivity contribution in [3.63, 3.8) is 0 Å². The number of carbonyl (C=O) groups is 1. The normalized spacial score (nSPS) is 17.1. The first-order valence-corrected chi connectivity index (χ1v) is 11.0. The first kappa shape index (κ1) is 22.1. The van der Waals surface area contributed by atoms with Crippen LogP contribution < -0.4 is 19.7 Å². The van der Waals surface area contributed by atoms with Crippen molar-refractivity contribution in [1.29, 1.82) is 0 Å². The quantitative estimate of drug-likeness (QED) is 0.371. The summed E-state index contributed by atoms with van der Waals surface area (Å²) in [6.07, 6.45) is 2.01. The number of benzene rings is 2. The Hall–Kier alpha value is -3.07. The molecule has 3 aromatic rings. The van der Waals surface area contributed by atoms with Crippen LogP contribution in [0.1, 0.15) is 29.3 Å². The van der Waals surface area contributed by atoms with E-state index in [0.717, 1.165) is 17.5 Å². The van der Waals surface area contributed by atoms with Crippen molar-refractivity contribution in [2.24, 2.45) is 11.8 Å². The predicted octanol–water partition coefficient (Wildman–Crippen LogP) is 4.17. The van der Waals surface area contributed by atoms with Gasteiger partial charge in [-0.3, -0.25) is 0 Å². The van der Waals surface area contributed by atoms with Gasteiger partial charge in [-0.25, -0.2) is 4.79 Å². The molecule has 7 nitrogen and oxygen atoms in total. The van der Waals surface area contributed by atoms with E-state index in [-0.39, 0.29) is 5.56 Å². The van der Waals surface area contributed by atoms with E-state index < -0.39 is 5.97 Å². The summed E-state index contributed by atoms with van der Waals surface area (Å²) in [4.78, 5) is 12.0. The SMILES string of the molecule is [B]c1cccc(-c2onc(NSc3c(OC)cc(C(=O)O)cc3OC)c2CC2CC2C)c1. The molecule has 1 aliphatic rings. The summed E-state index contributed by atoms with van der Waals surface area (Å²) in [5.41, 5.74) is 2.59. The Bertz CT molecular complexity index is 1120. The van der Waals surface area contributed by atoms with Crippen LogP contribution in [0.5, 0.6) is 11.5 Å². The van der Waals surface area contributed by atoms with E-state index in [1.807, 2.05) is 24.3 Å².